The standard InChI is InChI=1S/C11H15N3O4S/c1-7-4-9(10(15)16)14-11(13-7)12-5-8-2-3-19(17,18)6-8/h4,8H,2-3,5-6H2,1H3,(H,15,16)(H,12,13,14). The summed E-state index contributed by atoms with van der Waals surface area (Å²) in [6.07, 6.45) is 0.618. The molecule has 0 amide bonds. The van der Waals surface area contributed by atoms with Gasteiger partial charge in [0.15, 0.2) is 15.5 Å². The number of nitrogens with zero attached hydrogens (tertiary/aromatic N) is 2. The molecule has 1 aromatic heterocycles. The molecule has 1 saturated heterocycles. The Bertz CT molecular complexity index is 600. The topological polar surface area (TPSA) is 109 Å². The van der Waals surface area contributed by atoms with Crippen LogP contribution in [0.4, 0.5) is 5.95 Å². The summed E-state index contributed by atoms with van der Waals surface area (Å²) in [6, 6.07) is 1.38. The third kappa shape index (κ3) is 3.63. The van der Waals surface area contributed by atoms with E-state index in [1.165, 1.54) is 6.07 Å². The average molecular weight is 285 g/mol. The molecule has 8 heteroatoms. The van der Waals surface area contributed by atoms with Gasteiger partial charge in [-0.15, -0.1) is 0 Å². The normalized spacial score (nSPS) is 21.2. The number of nitrogens with one attached hydrogen (secondary N) is 1. The molecule has 0 aliphatic carbocycles. The molecule has 1 unspecified atom stereocenters. The molecule has 0 radical (unpaired) electrons. The molecule has 1 atom stereocenters. The Kier molecular flexibility index (Phi) is 3.70. The molecule has 0 saturated carbocycles. The molecule has 2 rings (SSSR count). The second-order valence-corrected chi connectivity index (χ2v) is 6.90. The fourth-order valence-corrected chi connectivity index (χ4v) is 3.89. The highest BCUT2D eigenvalue weighted by atomic mass is 32.2. The average Bonchev–Trinajstić information content (AvgIpc) is 2.65. The van der Waals surface area contributed by atoms with Gasteiger partial charge < -0.3 is 10.4 Å². The Hall–Kier alpha value is -1.70. The zero-order valence-electron chi connectivity index (χ0n) is 10.5. The smallest absolute Gasteiger partial charge is 0.354 e. The van der Waals surface area contributed by atoms with Crippen molar-refractivity contribution in [2.45, 2.75) is 13.3 Å². The number of aryl methyl sites for hydroxylation is 1. The molecule has 7 nitrogen and oxygen atoms in total. The maximum atomic E-state index is 11.3. The van der Waals surface area contributed by atoms with Crippen LogP contribution >= 0.6 is 0 Å². The van der Waals surface area contributed by atoms with E-state index in [-0.39, 0.29) is 29.1 Å². The van der Waals surface area contributed by atoms with Gasteiger partial charge in [-0.25, -0.2) is 23.2 Å². The van der Waals surface area contributed by atoms with Crippen LogP contribution in [0.15, 0.2) is 6.07 Å². The quantitative estimate of drug-likeness (QED) is 0.820. The lowest BCUT2D eigenvalue weighted by Crippen LogP contribution is -2.18. The second-order valence-electron chi connectivity index (χ2n) is 4.67. The predicted molar refractivity (Wildman–Crippen MR) is 69.0 cm³/mol. The first-order valence-electron chi connectivity index (χ1n) is 5.89. The van der Waals surface area contributed by atoms with E-state index in [1.54, 1.807) is 6.92 Å². The van der Waals surface area contributed by atoms with Crippen molar-refractivity contribution in [3.05, 3.63) is 17.5 Å². The van der Waals surface area contributed by atoms with Gasteiger partial charge in [0.2, 0.25) is 5.95 Å². The number of aromatic carboxylic acids is 1. The number of rotatable bonds is 4. The zero-order valence-corrected chi connectivity index (χ0v) is 11.3. The van der Waals surface area contributed by atoms with Crippen molar-refractivity contribution in [2.75, 3.05) is 23.4 Å². The van der Waals surface area contributed by atoms with Gasteiger partial charge in [-0.05, 0) is 25.3 Å². The number of hydrogen-bond acceptors (Lipinski definition) is 6. The Balaban J connectivity index is 2.02. The zero-order chi connectivity index (χ0) is 14.0. The van der Waals surface area contributed by atoms with E-state index < -0.39 is 15.8 Å². The van der Waals surface area contributed by atoms with Crippen LogP contribution in [0.3, 0.4) is 0 Å². The van der Waals surface area contributed by atoms with E-state index in [1.807, 2.05) is 0 Å². The molecular formula is C11H15N3O4S. The Morgan fingerprint density at radius 2 is 2.26 bits per heavy atom. The predicted octanol–water partition coefficient (Wildman–Crippen LogP) is 0.330. The summed E-state index contributed by atoms with van der Waals surface area (Å²) in [5.74, 6) is -0.479. The molecule has 1 aromatic rings. The lowest BCUT2D eigenvalue weighted by Gasteiger charge is -2.10. The number of carboxylic acid groups (broad SMARTS) is 1. The fourth-order valence-electron chi connectivity index (χ4n) is 2.03. The van der Waals surface area contributed by atoms with E-state index in [2.05, 4.69) is 15.3 Å². The van der Waals surface area contributed by atoms with Crippen molar-refractivity contribution in [1.82, 2.24) is 9.97 Å². The van der Waals surface area contributed by atoms with Crippen molar-refractivity contribution in [1.29, 1.82) is 0 Å². The first kappa shape index (κ1) is 13.7. The highest BCUT2D eigenvalue weighted by molar-refractivity contribution is 7.91. The van der Waals surface area contributed by atoms with Gasteiger partial charge in [-0.2, -0.15) is 0 Å². The maximum Gasteiger partial charge on any atom is 0.354 e. The second kappa shape index (κ2) is 5.12. The minimum absolute atomic E-state index is 0.0300. The third-order valence-corrected chi connectivity index (χ3v) is 4.79. The van der Waals surface area contributed by atoms with Crippen LogP contribution in [0.5, 0.6) is 0 Å². The van der Waals surface area contributed by atoms with Gasteiger partial charge >= 0.3 is 5.97 Å². The number of carboxylic acids is 1. The minimum Gasteiger partial charge on any atom is -0.477 e. The van der Waals surface area contributed by atoms with Crippen LogP contribution in [0.1, 0.15) is 22.6 Å². The van der Waals surface area contributed by atoms with Crippen LogP contribution in [-0.4, -0.2) is 47.5 Å². The van der Waals surface area contributed by atoms with E-state index in [4.69, 9.17) is 5.11 Å². The molecule has 2 N–H and O–H groups in total. The molecule has 1 aliphatic heterocycles. The lowest BCUT2D eigenvalue weighted by atomic mass is 10.1. The highest BCUT2D eigenvalue weighted by Gasteiger charge is 2.27. The molecule has 1 fully saturated rings. The molecule has 0 aromatic carbocycles. The van der Waals surface area contributed by atoms with Crippen LogP contribution in [0.25, 0.3) is 0 Å². The lowest BCUT2D eigenvalue weighted by molar-refractivity contribution is 0.0690. The largest absolute Gasteiger partial charge is 0.477 e. The van der Waals surface area contributed by atoms with Gasteiger partial charge in [0.25, 0.3) is 0 Å². The van der Waals surface area contributed by atoms with Crippen LogP contribution in [0, 0.1) is 12.8 Å². The summed E-state index contributed by atoms with van der Waals surface area (Å²) in [5.41, 5.74) is 0.475. The SMILES string of the molecule is Cc1cc(C(=O)O)nc(NCC2CCS(=O)(=O)C2)n1. The van der Waals surface area contributed by atoms with Gasteiger partial charge in [0.1, 0.15) is 0 Å². The Labute approximate surface area is 111 Å². The van der Waals surface area contributed by atoms with Gasteiger partial charge in [-0.3, -0.25) is 0 Å². The van der Waals surface area contributed by atoms with Crippen molar-refractivity contribution < 1.29 is 18.3 Å². The molecule has 104 valence electrons. The van der Waals surface area contributed by atoms with Crippen molar-refractivity contribution in [3.8, 4) is 0 Å². The van der Waals surface area contributed by atoms with Crippen molar-refractivity contribution in [2.24, 2.45) is 5.92 Å². The molecule has 0 bridgehead atoms. The van der Waals surface area contributed by atoms with Gasteiger partial charge in [0.05, 0.1) is 11.5 Å². The highest BCUT2D eigenvalue weighted by Crippen LogP contribution is 2.18. The first-order chi connectivity index (χ1) is 8.85. The maximum absolute atomic E-state index is 11.3. The van der Waals surface area contributed by atoms with Crippen LogP contribution in [0.2, 0.25) is 0 Å². The molecular weight excluding hydrogens is 270 g/mol. The Morgan fingerprint density at radius 3 is 2.84 bits per heavy atom. The van der Waals surface area contributed by atoms with Gasteiger partial charge in [-0.1, -0.05) is 0 Å². The number of carbonyl (C=O) groups is 1. The van der Waals surface area contributed by atoms with Crippen molar-refractivity contribution >= 4 is 21.8 Å². The molecule has 19 heavy (non-hydrogen) atoms. The Morgan fingerprint density at radius 1 is 1.53 bits per heavy atom. The summed E-state index contributed by atoms with van der Waals surface area (Å²) in [7, 11) is -2.90. The molecule has 0 spiro atoms. The minimum atomic E-state index is -2.90. The fraction of sp³-hybridized carbons (Fsp3) is 0.545. The monoisotopic (exact) mass is 285 g/mol. The van der Waals surface area contributed by atoms with Gasteiger partial charge in [0, 0.05) is 12.2 Å². The number of sulfone groups is 1. The summed E-state index contributed by atoms with van der Waals surface area (Å²) >= 11 is 0. The van der Waals surface area contributed by atoms with E-state index >= 15 is 0 Å². The summed E-state index contributed by atoms with van der Waals surface area (Å²) in [4.78, 5) is 18.8. The number of anilines is 1. The van der Waals surface area contributed by atoms with E-state index in [0.717, 1.165) is 0 Å². The van der Waals surface area contributed by atoms with E-state index in [0.29, 0.717) is 18.7 Å². The number of hydrogen-bond donors (Lipinski definition) is 2. The summed E-state index contributed by atoms with van der Waals surface area (Å²) in [6.45, 7) is 2.11. The first-order valence-corrected chi connectivity index (χ1v) is 7.71. The molecule has 2 heterocycles. The number of aromatic nitrogens is 2. The van der Waals surface area contributed by atoms with Crippen LogP contribution < -0.4 is 5.32 Å². The summed E-state index contributed by atoms with van der Waals surface area (Å²) in [5, 5.41) is 11.8. The molecule has 1 aliphatic rings. The summed E-state index contributed by atoms with van der Waals surface area (Å²) < 4.78 is 22.6. The van der Waals surface area contributed by atoms with Crippen LogP contribution in [-0.2, 0) is 9.84 Å². The third-order valence-electron chi connectivity index (χ3n) is 2.95. The van der Waals surface area contributed by atoms with E-state index in [9.17, 15) is 13.2 Å². The van der Waals surface area contributed by atoms with Crippen molar-refractivity contribution in [3.63, 3.8) is 0 Å².